The summed E-state index contributed by atoms with van der Waals surface area (Å²) in [5.74, 6) is -0.926. The third-order valence-corrected chi connectivity index (χ3v) is 5.96. The average Bonchev–Trinajstić information content (AvgIpc) is 2.46. The number of rotatable bonds is 3. The van der Waals surface area contributed by atoms with E-state index in [1.54, 1.807) is 0 Å². The highest BCUT2D eigenvalue weighted by Crippen LogP contribution is 2.36. The Kier molecular flexibility index (Phi) is 4.93. The van der Waals surface area contributed by atoms with Gasteiger partial charge in [0.25, 0.3) is 0 Å². The van der Waals surface area contributed by atoms with Crippen molar-refractivity contribution in [2.45, 2.75) is 23.9 Å². The van der Waals surface area contributed by atoms with Crippen LogP contribution in [0.4, 0.5) is 13.2 Å². The third-order valence-electron chi connectivity index (χ3n) is 3.74. The van der Waals surface area contributed by atoms with Gasteiger partial charge in [0.2, 0.25) is 15.9 Å². The number of piperidine rings is 1. The number of carbonyl (C=O) groups is 1. The SMILES string of the molecule is NC(=O)C1CCN(S(=O)(=O)c2ccc(Cl)c(C(F)(F)F)c2)CC1. The maximum absolute atomic E-state index is 12.9. The number of benzene rings is 1. The molecule has 5 nitrogen and oxygen atoms in total. The van der Waals surface area contributed by atoms with Gasteiger partial charge in [0.1, 0.15) is 0 Å². The highest BCUT2D eigenvalue weighted by Gasteiger charge is 2.36. The summed E-state index contributed by atoms with van der Waals surface area (Å²) >= 11 is 5.49. The van der Waals surface area contributed by atoms with Crippen LogP contribution < -0.4 is 5.73 Å². The fourth-order valence-electron chi connectivity index (χ4n) is 2.41. The molecule has 1 heterocycles. The number of primary amides is 1. The van der Waals surface area contributed by atoms with Gasteiger partial charge in [0.05, 0.1) is 15.5 Å². The van der Waals surface area contributed by atoms with Crippen LogP contribution in [0.5, 0.6) is 0 Å². The van der Waals surface area contributed by atoms with Crippen LogP contribution in [0.2, 0.25) is 5.02 Å². The molecular formula is C13H14ClF3N2O3S. The predicted octanol–water partition coefficient (Wildman–Crippen LogP) is 2.24. The number of alkyl halides is 3. The molecule has 2 rings (SSSR count). The molecule has 0 atom stereocenters. The lowest BCUT2D eigenvalue weighted by Crippen LogP contribution is -2.41. The van der Waals surface area contributed by atoms with Crippen molar-refractivity contribution in [3.05, 3.63) is 28.8 Å². The first-order chi connectivity index (χ1) is 10.5. The van der Waals surface area contributed by atoms with Crippen LogP contribution in [-0.4, -0.2) is 31.7 Å². The first-order valence-electron chi connectivity index (χ1n) is 6.69. The summed E-state index contributed by atoms with van der Waals surface area (Å²) in [6.07, 6.45) is -4.26. The van der Waals surface area contributed by atoms with Gasteiger partial charge in [-0.3, -0.25) is 4.79 Å². The van der Waals surface area contributed by atoms with Gasteiger partial charge in [-0.05, 0) is 31.0 Å². The van der Waals surface area contributed by atoms with E-state index in [4.69, 9.17) is 17.3 Å². The third kappa shape index (κ3) is 3.78. The topological polar surface area (TPSA) is 80.5 Å². The number of carbonyl (C=O) groups excluding carboxylic acids is 1. The van der Waals surface area contributed by atoms with Crippen molar-refractivity contribution >= 4 is 27.5 Å². The van der Waals surface area contributed by atoms with E-state index in [9.17, 15) is 26.4 Å². The highest BCUT2D eigenvalue weighted by atomic mass is 35.5. The summed E-state index contributed by atoms with van der Waals surface area (Å²) in [5.41, 5.74) is 3.97. The zero-order valence-corrected chi connectivity index (χ0v) is 13.4. The molecule has 0 radical (unpaired) electrons. The first kappa shape index (κ1) is 18.0. The Morgan fingerprint density at radius 1 is 1.26 bits per heavy atom. The molecule has 2 N–H and O–H groups in total. The largest absolute Gasteiger partial charge is 0.417 e. The van der Waals surface area contributed by atoms with E-state index >= 15 is 0 Å². The summed E-state index contributed by atoms with van der Waals surface area (Å²) in [4.78, 5) is 10.6. The molecule has 0 spiro atoms. The predicted molar refractivity (Wildman–Crippen MR) is 77.1 cm³/mol. The minimum Gasteiger partial charge on any atom is -0.369 e. The molecule has 0 saturated carbocycles. The van der Waals surface area contributed by atoms with E-state index in [1.807, 2.05) is 0 Å². The van der Waals surface area contributed by atoms with Gasteiger partial charge in [-0.2, -0.15) is 17.5 Å². The maximum atomic E-state index is 12.9. The van der Waals surface area contributed by atoms with Crippen LogP contribution in [0.15, 0.2) is 23.1 Å². The van der Waals surface area contributed by atoms with E-state index in [1.165, 1.54) is 0 Å². The molecule has 23 heavy (non-hydrogen) atoms. The van der Waals surface area contributed by atoms with Crippen molar-refractivity contribution in [1.82, 2.24) is 4.31 Å². The Bertz CT molecular complexity index is 714. The minimum absolute atomic E-state index is 0.0277. The molecule has 0 aliphatic carbocycles. The lowest BCUT2D eigenvalue weighted by atomic mass is 9.98. The normalized spacial score (nSPS) is 18.1. The molecule has 1 aromatic rings. The Morgan fingerprint density at radius 2 is 1.83 bits per heavy atom. The summed E-state index contributed by atoms with van der Waals surface area (Å²) in [6.45, 7) is 0.0554. The van der Waals surface area contributed by atoms with Crippen LogP contribution in [0.25, 0.3) is 0 Å². The Balaban J connectivity index is 2.29. The summed E-state index contributed by atoms with van der Waals surface area (Å²) in [6, 6.07) is 2.47. The Labute approximate surface area is 136 Å². The smallest absolute Gasteiger partial charge is 0.369 e. The van der Waals surface area contributed by atoms with E-state index in [0.29, 0.717) is 6.07 Å². The van der Waals surface area contributed by atoms with E-state index < -0.39 is 43.5 Å². The monoisotopic (exact) mass is 370 g/mol. The van der Waals surface area contributed by atoms with Gasteiger partial charge in [-0.15, -0.1) is 0 Å². The van der Waals surface area contributed by atoms with Gasteiger partial charge >= 0.3 is 6.18 Å². The molecule has 0 unspecified atom stereocenters. The van der Waals surface area contributed by atoms with Gasteiger partial charge in [0, 0.05) is 19.0 Å². The zero-order chi connectivity index (χ0) is 17.4. The molecular weight excluding hydrogens is 357 g/mol. The minimum atomic E-state index is -4.75. The van der Waals surface area contributed by atoms with Crippen LogP contribution in [0.1, 0.15) is 18.4 Å². The standard InChI is InChI=1S/C13H14ClF3N2O3S/c14-11-2-1-9(7-10(11)13(15,16)17)23(21,22)19-5-3-8(4-6-19)12(18)20/h1-2,7-8H,3-6H2,(H2,18,20). The molecule has 1 saturated heterocycles. The Morgan fingerprint density at radius 3 is 2.30 bits per heavy atom. The van der Waals surface area contributed by atoms with Crippen molar-refractivity contribution in [2.24, 2.45) is 11.7 Å². The quantitative estimate of drug-likeness (QED) is 0.886. The molecule has 1 aliphatic rings. The molecule has 1 aromatic carbocycles. The summed E-state index contributed by atoms with van der Waals surface area (Å²) < 4.78 is 64.5. The number of hydrogen-bond acceptors (Lipinski definition) is 3. The van der Waals surface area contributed by atoms with Crippen LogP contribution in [-0.2, 0) is 21.0 Å². The number of amides is 1. The molecule has 1 aliphatic heterocycles. The van der Waals surface area contributed by atoms with Crippen LogP contribution >= 0.6 is 11.6 Å². The van der Waals surface area contributed by atoms with Gasteiger partial charge in [-0.25, -0.2) is 8.42 Å². The van der Waals surface area contributed by atoms with Gasteiger partial charge < -0.3 is 5.73 Å². The maximum Gasteiger partial charge on any atom is 0.417 e. The van der Waals surface area contributed by atoms with Crippen LogP contribution in [0.3, 0.4) is 0 Å². The van der Waals surface area contributed by atoms with Crippen molar-refractivity contribution in [1.29, 1.82) is 0 Å². The van der Waals surface area contributed by atoms with Crippen molar-refractivity contribution in [2.75, 3.05) is 13.1 Å². The van der Waals surface area contributed by atoms with Crippen molar-refractivity contribution in [3.63, 3.8) is 0 Å². The van der Waals surface area contributed by atoms with Gasteiger partial charge in [0.15, 0.2) is 0 Å². The number of nitrogens with zero attached hydrogens (tertiary/aromatic N) is 1. The fraction of sp³-hybridized carbons (Fsp3) is 0.462. The molecule has 0 bridgehead atoms. The second-order valence-electron chi connectivity index (χ2n) is 5.22. The number of sulfonamides is 1. The lowest BCUT2D eigenvalue weighted by molar-refractivity contribution is -0.137. The average molecular weight is 371 g/mol. The Hall–Kier alpha value is -1.32. The second kappa shape index (κ2) is 6.29. The van der Waals surface area contributed by atoms with Crippen molar-refractivity contribution in [3.8, 4) is 0 Å². The number of hydrogen-bond donors (Lipinski definition) is 1. The second-order valence-corrected chi connectivity index (χ2v) is 7.57. The number of halogens is 4. The first-order valence-corrected chi connectivity index (χ1v) is 8.51. The lowest BCUT2D eigenvalue weighted by Gasteiger charge is -2.29. The molecule has 0 aromatic heterocycles. The summed E-state index contributed by atoms with van der Waals surface area (Å²) in [5, 5.41) is -0.566. The van der Waals surface area contributed by atoms with Gasteiger partial charge in [-0.1, -0.05) is 11.6 Å². The van der Waals surface area contributed by atoms with Crippen LogP contribution in [0, 0.1) is 5.92 Å². The molecule has 1 amide bonds. The molecule has 10 heteroatoms. The number of nitrogens with two attached hydrogens (primary N) is 1. The fourth-order valence-corrected chi connectivity index (χ4v) is 4.13. The highest BCUT2D eigenvalue weighted by molar-refractivity contribution is 7.89. The van der Waals surface area contributed by atoms with Crippen molar-refractivity contribution < 1.29 is 26.4 Å². The van der Waals surface area contributed by atoms with E-state index in [-0.39, 0.29) is 25.9 Å². The molecule has 128 valence electrons. The summed E-state index contributed by atoms with van der Waals surface area (Å²) in [7, 11) is -4.09. The zero-order valence-electron chi connectivity index (χ0n) is 11.8. The van der Waals surface area contributed by atoms with E-state index in [2.05, 4.69) is 0 Å². The van der Waals surface area contributed by atoms with E-state index in [0.717, 1.165) is 16.4 Å². The molecule has 1 fully saturated rings.